The summed E-state index contributed by atoms with van der Waals surface area (Å²) in [7, 11) is -3.63. The van der Waals surface area contributed by atoms with Gasteiger partial charge in [0, 0.05) is 35.8 Å². The van der Waals surface area contributed by atoms with Crippen molar-refractivity contribution in [3.63, 3.8) is 0 Å². The van der Waals surface area contributed by atoms with E-state index in [1.807, 2.05) is 24.3 Å². The van der Waals surface area contributed by atoms with E-state index in [-0.39, 0.29) is 22.8 Å². The molecular formula is C21H22N4O5S. The molecule has 3 N–H and O–H groups in total. The maximum Gasteiger partial charge on any atom is 0.269 e. The van der Waals surface area contributed by atoms with Gasteiger partial charge in [0.2, 0.25) is 15.9 Å². The molecule has 1 aromatic heterocycles. The van der Waals surface area contributed by atoms with Crippen LogP contribution in [0.25, 0.3) is 10.9 Å². The number of nitrogens with one attached hydrogen (secondary N) is 3. The number of hydrazine groups is 1. The van der Waals surface area contributed by atoms with Crippen molar-refractivity contribution in [2.24, 2.45) is 0 Å². The van der Waals surface area contributed by atoms with E-state index in [2.05, 4.69) is 15.8 Å². The van der Waals surface area contributed by atoms with Gasteiger partial charge < -0.3 is 9.72 Å². The summed E-state index contributed by atoms with van der Waals surface area (Å²) in [5, 5.41) is 0.945. The molecule has 3 aromatic rings. The van der Waals surface area contributed by atoms with Crippen LogP contribution in [-0.4, -0.2) is 55.8 Å². The number of aromatic amines is 1. The van der Waals surface area contributed by atoms with Gasteiger partial charge in [0.25, 0.3) is 5.91 Å². The Balaban J connectivity index is 1.35. The van der Waals surface area contributed by atoms with Crippen molar-refractivity contribution >= 4 is 32.7 Å². The number of nitrogens with zero attached hydrogens (tertiary/aromatic N) is 1. The predicted molar refractivity (Wildman–Crippen MR) is 114 cm³/mol. The van der Waals surface area contributed by atoms with Crippen LogP contribution in [0, 0.1) is 0 Å². The maximum atomic E-state index is 12.6. The molecule has 0 saturated carbocycles. The van der Waals surface area contributed by atoms with Crippen LogP contribution in [0.5, 0.6) is 0 Å². The third-order valence-electron chi connectivity index (χ3n) is 5.07. The zero-order valence-corrected chi connectivity index (χ0v) is 17.4. The molecule has 162 valence electrons. The number of morpholine rings is 1. The molecule has 1 fully saturated rings. The molecule has 10 heteroatoms. The molecule has 0 aliphatic carbocycles. The maximum absolute atomic E-state index is 12.6. The van der Waals surface area contributed by atoms with E-state index >= 15 is 0 Å². The van der Waals surface area contributed by atoms with E-state index in [0.717, 1.165) is 16.5 Å². The van der Waals surface area contributed by atoms with Crippen molar-refractivity contribution in [2.45, 2.75) is 11.3 Å². The van der Waals surface area contributed by atoms with Crippen LogP contribution in [-0.2, 0) is 26.0 Å². The summed E-state index contributed by atoms with van der Waals surface area (Å²) in [5.74, 6) is -0.910. The number of carbonyl (C=O) groups is 2. The fraction of sp³-hybridized carbons (Fsp3) is 0.238. The van der Waals surface area contributed by atoms with E-state index in [1.165, 1.54) is 28.6 Å². The fourth-order valence-corrected chi connectivity index (χ4v) is 4.82. The minimum atomic E-state index is -3.63. The lowest BCUT2D eigenvalue weighted by Crippen LogP contribution is -2.42. The molecular weight excluding hydrogens is 420 g/mol. The standard InChI is InChI=1S/C21H22N4O5S/c26-20(13-16-14-22-19-4-2-1-3-18(16)19)23-24-21(27)15-5-7-17(8-6-15)31(28,29)25-9-11-30-12-10-25/h1-8,14,22H,9-13H2,(H,23,26)(H,24,27). The highest BCUT2D eigenvalue weighted by atomic mass is 32.2. The van der Waals surface area contributed by atoms with Crippen molar-refractivity contribution in [1.82, 2.24) is 20.1 Å². The number of ether oxygens (including phenoxy) is 1. The lowest BCUT2D eigenvalue weighted by atomic mass is 10.1. The summed E-state index contributed by atoms with van der Waals surface area (Å²) >= 11 is 0. The molecule has 0 spiro atoms. The van der Waals surface area contributed by atoms with Gasteiger partial charge in [-0.2, -0.15) is 4.31 Å². The first kappa shape index (κ1) is 21.0. The zero-order valence-electron chi connectivity index (χ0n) is 16.6. The molecule has 1 aliphatic heterocycles. The van der Waals surface area contributed by atoms with Crippen molar-refractivity contribution in [3.8, 4) is 0 Å². The molecule has 31 heavy (non-hydrogen) atoms. The van der Waals surface area contributed by atoms with E-state index in [4.69, 9.17) is 4.74 Å². The summed E-state index contributed by atoms with van der Waals surface area (Å²) in [4.78, 5) is 27.7. The third kappa shape index (κ3) is 4.61. The number of carbonyl (C=O) groups excluding carboxylic acids is 2. The number of H-pyrrole nitrogens is 1. The highest BCUT2D eigenvalue weighted by Gasteiger charge is 2.26. The topological polar surface area (TPSA) is 121 Å². The molecule has 0 atom stereocenters. The largest absolute Gasteiger partial charge is 0.379 e. The number of hydrogen-bond donors (Lipinski definition) is 3. The zero-order chi connectivity index (χ0) is 21.8. The minimum Gasteiger partial charge on any atom is -0.379 e. The first-order valence-electron chi connectivity index (χ1n) is 9.77. The van der Waals surface area contributed by atoms with Gasteiger partial charge in [0.15, 0.2) is 0 Å². The fourth-order valence-electron chi connectivity index (χ4n) is 3.41. The van der Waals surface area contributed by atoms with Gasteiger partial charge in [-0.3, -0.25) is 20.4 Å². The minimum absolute atomic E-state index is 0.0982. The Kier molecular flexibility index (Phi) is 6.03. The summed E-state index contributed by atoms with van der Waals surface area (Å²) in [5.41, 5.74) is 6.72. The quantitative estimate of drug-likeness (QED) is 0.513. The number of para-hydroxylation sites is 1. The Bertz CT molecular complexity index is 1200. The van der Waals surface area contributed by atoms with Crippen LogP contribution >= 0.6 is 0 Å². The van der Waals surface area contributed by atoms with Crippen LogP contribution in [0.15, 0.2) is 59.6 Å². The van der Waals surface area contributed by atoms with Crippen molar-refractivity contribution in [2.75, 3.05) is 26.3 Å². The molecule has 1 saturated heterocycles. The number of amides is 2. The van der Waals surface area contributed by atoms with Gasteiger partial charge in [0.1, 0.15) is 0 Å². The number of benzene rings is 2. The smallest absolute Gasteiger partial charge is 0.269 e. The number of sulfonamides is 1. The molecule has 0 bridgehead atoms. The summed E-state index contributed by atoms with van der Waals surface area (Å²) in [6.45, 7) is 1.32. The van der Waals surface area contributed by atoms with E-state index in [1.54, 1.807) is 6.20 Å². The number of aromatic nitrogens is 1. The first-order valence-corrected chi connectivity index (χ1v) is 11.2. The second-order valence-electron chi connectivity index (χ2n) is 7.08. The van der Waals surface area contributed by atoms with E-state index in [0.29, 0.717) is 26.3 Å². The Labute approximate surface area is 179 Å². The Morgan fingerprint density at radius 2 is 1.71 bits per heavy atom. The van der Waals surface area contributed by atoms with Crippen LogP contribution in [0.2, 0.25) is 0 Å². The number of fused-ring (bicyclic) bond motifs is 1. The molecule has 0 radical (unpaired) electrons. The lowest BCUT2D eigenvalue weighted by Gasteiger charge is -2.26. The number of hydrogen-bond acceptors (Lipinski definition) is 5. The van der Waals surface area contributed by atoms with Crippen molar-refractivity contribution < 1.29 is 22.7 Å². The average Bonchev–Trinajstić information content (AvgIpc) is 3.21. The Hall–Kier alpha value is -3.21. The molecule has 2 heterocycles. The predicted octanol–water partition coefficient (Wildman–Crippen LogP) is 1.19. The second-order valence-corrected chi connectivity index (χ2v) is 9.02. The summed E-state index contributed by atoms with van der Waals surface area (Å²) < 4.78 is 31.8. The Morgan fingerprint density at radius 1 is 1.00 bits per heavy atom. The van der Waals surface area contributed by atoms with E-state index < -0.39 is 15.9 Å². The molecule has 9 nitrogen and oxygen atoms in total. The van der Waals surface area contributed by atoms with Gasteiger partial charge in [0.05, 0.1) is 24.5 Å². The van der Waals surface area contributed by atoms with Crippen LogP contribution in [0.1, 0.15) is 15.9 Å². The molecule has 1 aliphatic rings. The molecule has 2 amide bonds. The average molecular weight is 442 g/mol. The number of rotatable bonds is 5. The lowest BCUT2D eigenvalue weighted by molar-refractivity contribution is -0.121. The highest BCUT2D eigenvalue weighted by molar-refractivity contribution is 7.89. The van der Waals surface area contributed by atoms with Gasteiger partial charge >= 0.3 is 0 Å². The molecule has 2 aromatic carbocycles. The normalized spacial score (nSPS) is 15.0. The van der Waals surface area contributed by atoms with Crippen LogP contribution in [0.4, 0.5) is 0 Å². The van der Waals surface area contributed by atoms with Gasteiger partial charge in [-0.05, 0) is 35.9 Å². The first-order chi connectivity index (χ1) is 14.9. The SMILES string of the molecule is O=C(Cc1c[nH]c2ccccc12)NNC(=O)c1ccc(S(=O)(=O)N2CCOCC2)cc1. The monoisotopic (exact) mass is 442 g/mol. The van der Waals surface area contributed by atoms with Gasteiger partial charge in [-0.15, -0.1) is 0 Å². The summed E-state index contributed by atoms with van der Waals surface area (Å²) in [6.07, 6.45) is 1.86. The summed E-state index contributed by atoms with van der Waals surface area (Å²) in [6, 6.07) is 13.2. The third-order valence-corrected chi connectivity index (χ3v) is 6.98. The van der Waals surface area contributed by atoms with Gasteiger partial charge in [-0.1, -0.05) is 18.2 Å². The Morgan fingerprint density at radius 3 is 2.45 bits per heavy atom. The van der Waals surface area contributed by atoms with E-state index in [9.17, 15) is 18.0 Å². The van der Waals surface area contributed by atoms with Gasteiger partial charge in [-0.25, -0.2) is 8.42 Å². The highest BCUT2D eigenvalue weighted by Crippen LogP contribution is 2.19. The van der Waals surface area contributed by atoms with Crippen LogP contribution < -0.4 is 10.9 Å². The van der Waals surface area contributed by atoms with Crippen molar-refractivity contribution in [3.05, 3.63) is 65.9 Å². The molecule has 4 rings (SSSR count). The van der Waals surface area contributed by atoms with Crippen molar-refractivity contribution in [1.29, 1.82) is 0 Å². The second kappa shape index (κ2) is 8.88. The molecule has 0 unspecified atom stereocenters. The van der Waals surface area contributed by atoms with Crippen LogP contribution in [0.3, 0.4) is 0 Å².